The summed E-state index contributed by atoms with van der Waals surface area (Å²) in [7, 11) is 0. The molecule has 1 amide bonds. The van der Waals surface area contributed by atoms with Gasteiger partial charge < -0.3 is 5.11 Å². The number of carbonyl (C=O) groups is 2. The first-order chi connectivity index (χ1) is 9.15. The number of nitrogens with zero attached hydrogens (tertiary/aromatic N) is 1. The molecule has 1 aromatic heterocycles. The van der Waals surface area contributed by atoms with Gasteiger partial charge in [0.15, 0.2) is 5.13 Å². The molecule has 2 aromatic rings. The number of hydrogen-bond acceptors (Lipinski definition) is 4. The fourth-order valence-corrected chi connectivity index (χ4v) is 1.93. The van der Waals surface area contributed by atoms with Gasteiger partial charge in [-0.25, -0.2) is 9.78 Å². The minimum atomic E-state index is -1.03. The van der Waals surface area contributed by atoms with Crippen LogP contribution in [0.4, 0.5) is 5.13 Å². The van der Waals surface area contributed by atoms with E-state index >= 15 is 0 Å². The van der Waals surface area contributed by atoms with Crippen molar-refractivity contribution in [3.05, 3.63) is 53.0 Å². The number of aromatic nitrogens is 1. The summed E-state index contributed by atoms with van der Waals surface area (Å²) in [5, 5.41) is 13.5. The van der Waals surface area contributed by atoms with Gasteiger partial charge in [-0.15, -0.1) is 11.3 Å². The Morgan fingerprint density at radius 2 is 2.21 bits per heavy atom. The quantitative estimate of drug-likeness (QED) is 0.839. The molecule has 5 nitrogen and oxygen atoms in total. The van der Waals surface area contributed by atoms with Crippen molar-refractivity contribution in [2.45, 2.75) is 0 Å². The number of benzene rings is 1. The Bertz CT molecular complexity index is 621. The van der Waals surface area contributed by atoms with Crippen molar-refractivity contribution in [1.82, 2.24) is 4.98 Å². The number of carboxylic acid groups (broad SMARTS) is 1. The molecule has 0 unspecified atom stereocenters. The Balaban J connectivity index is 2.14. The van der Waals surface area contributed by atoms with E-state index in [1.807, 2.05) is 0 Å². The largest absolute Gasteiger partial charge is 0.478 e. The standard InChI is InChI=1S/C13H10N2O3S/c16-11(17)5-4-9-2-1-3-10(8-9)12(18)15-13-14-6-7-19-13/h1-8H,(H,16,17)(H,14,15,18)/b5-4+. The maximum absolute atomic E-state index is 11.9. The van der Waals surface area contributed by atoms with Gasteiger partial charge in [0.2, 0.25) is 0 Å². The number of amides is 1. The molecule has 6 heteroatoms. The Morgan fingerprint density at radius 1 is 1.37 bits per heavy atom. The zero-order valence-electron chi connectivity index (χ0n) is 9.74. The molecule has 0 aliphatic carbocycles. The molecular weight excluding hydrogens is 264 g/mol. The highest BCUT2D eigenvalue weighted by Gasteiger charge is 2.07. The first-order valence-electron chi connectivity index (χ1n) is 5.37. The van der Waals surface area contributed by atoms with Crippen molar-refractivity contribution < 1.29 is 14.7 Å². The smallest absolute Gasteiger partial charge is 0.328 e. The van der Waals surface area contributed by atoms with Crippen molar-refractivity contribution >= 4 is 34.4 Å². The zero-order valence-corrected chi connectivity index (χ0v) is 10.6. The molecule has 2 N–H and O–H groups in total. The minimum absolute atomic E-state index is 0.277. The topological polar surface area (TPSA) is 79.3 Å². The van der Waals surface area contributed by atoms with Crippen LogP contribution in [0, 0.1) is 0 Å². The molecule has 0 spiro atoms. The maximum atomic E-state index is 11.9. The summed E-state index contributed by atoms with van der Waals surface area (Å²) >= 11 is 1.33. The Hall–Kier alpha value is -2.47. The molecule has 0 radical (unpaired) electrons. The highest BCUT2D eigenvalue weighted by atomic mass is 32.1. The third-order valence-electron chi connectivity index (χ3n) is 2.22. The Labute approximate surface area is 113 Å². The Kier molecular flexibility index (Phi) is 4.04. The van der Waals surface area contributed by atoms with Crippen LogP contribution in [0.1, 0.15) is 15.9 Å². The van der Waals surface area contributed by atoms with Gasteiger partial charge in [-0.05, 0) is 23.8 Å². The van der Waals surface area contributed by atoms with Crippen LogP contribution >= 0.6 is 11.3 Å². The van der Waals surface area contributed by atoms with Gasteiger partial charge in [-0.1, -0.05) is 12.1 Å². The summed E-state index contributed by atoms with van der Waals surface area (Å²) in [5.41, 5.74) is 1.09. The summed E-state index contributed by atoms with van der Waals surface area (Å²) in [6, 6.07) is 6.68. The summed E-state index contributed by atoms with van der Waals surface area (Å²) in [5.74, 6) is -1.31. The van der Waals surface area contributed by atoms with E-state index in [2.05, 4.69) is 10.3 Å². The van der Waals surface area contributed by atoms with E-state index < -0.39 is 5.97 Å². The second kappa shape index (κ2) is 5.92. The third-order valence-corrected chi connectivity index (χ3v) is 2.91. The van der Waals surface area contributed by atoms with Gasteiger partial charge in [-0.3, -0.25) is 10.1 Å². The van der Waals surface area contributed by atoms with Gasteiger partial charge in [-0.2, -0.15) is 0 Å². The third kappa shape index (κ3) is 3.75. The fourth-order valence-electron chi connectivity index (χ4n) is 1.41. The second-order valence-corrected chi connectivity index (χ2v) is 4.48. The highest BCUT2D eigenvalue weighted by Crippen LogP contribution is 2.13. The number of aliphatic carboxylic acids is 1. The molecular formula is C13H10N2O3S. The number of anilines is 1. The van der Waals surface area contributed by atoms with Gasteiger partial charge in [0, 0.05) is 23.2 Å². The molecule has 0 aliphatic rings. The summed E-state index contributed by atoms with van der Waals surface area (Å²) in [6.45, 7) is 0. The molecule has 0 bridgehead atoms. The van der Waals surface area contributed by atoms with E-state index in [1.54, 1.807) is 35.8 Å². The molecule has 1 aromatic carbocycles. The highest BCUT2D eigenvalue weighted by molar-refractivity contribution is 7.13. The lowest BCUT2D eigenvalue weighted by Gasteiger charge is -2.02. The SMILES string of the molecule is O=C(O)/C=C/c1cccc(C(=O)Nc2nccs2)c1. The molecule has 0 saturated carbocycles. The van der Waals surface area contributed by atoms with Crippen molar-refractivity contribution in [1.29, 1.82) is 0 Å². The van der Waals surface area contributed by atoms with E-state index in [9.17, 15) is 9.59 Å². The number of hydrogen-bond donors (Lipinski definition) is 2. The lowest BCUT2D eigenvalue weighted by molar-refractivity contribution is -0.131. The molecule has 19 heavy (non-hydrogen) atoms. The Morgan fingerprint density at radius 3 is 2.89 bits per heavy atom. The van der Waals surface area contributed by atoms with Crippen LogP contribution in [-0.4, -0.2) is 22.0 Å². The monoisotopic (exact) mass is 274 g/mol. The van der Waals surface area contributed by atoms with E-state index in [0.29, 0.717) is 16.3 Å². The first kappa shape index (κ1) is 13.0. The lowest BCUT2D eigenvalue weighted by Crippen LogP contribution is -2.11. The van der Waals surface area contributed by atoms with Crippen LogP contribution in [0.25, 0.3) is 6.08 Å². The number of carbonyl (C=O) groups excluding carboxylic acids is 1. The van der Waals surface area contributed by atoms with E-state index in [0.717, 1.165) is 6.08 Å². The summed E-state index contributed by atoms with van der Waals surface area (Å²) < 4.78 is 0. The van der Waals surface area contributed by atoms with E-state index in [-0.39, 0.29) is 5.91 Å². The number of carboxylic acids is 1. The maximum Gasteiger partial charge on any atom is 0.328 e. The molecule has 0 fully saturated rings. The fraction of sp³-hybridized carbons (Fsp3) is 0. The molecule has 2 rings (SSSR count). The number of nitrogens with one attached hydrogen (secondary N) is 1. The van der Waals surface area contributed by atoms with Crippen LogP contribution in [0.3, 0.4) is 0 Å². The van der Waals surface area contributed by atoms with Gasteiger partial charge in [0.1, 0.15) is 0 Å². The van der Waals surface area contributed by atoms with Crippen molar-refractivity contribution in [2.75, 3.05) is 5.32 Å². The van der Waals surface area contributed by atoms with Crippen LogP contribution in [0.15, 0.2) is 41.9 Å². The molecule has 0 atom stereocenters. The van der Waals surface area contributed by atoms with Crippen molar-refractivity contribution in [3.63, 3.8) is 0 Å². The van der Waals surface area contributed by atoms with Crippen LogP contribution in [0.2, 0.25) is 0 Å². The predicted molar refractivity (Wildman–Crippen MR) is 73.2 cm³/mol. The first-order valence-corrected chi connectivity index (χ1v) is 6.25. The second-order valence-electron chi connectivity index (χ2n) is 3.59. The number of thiazole rings is 1. The minimum Gasteiger partial charge on any atom is -0.478 e. The van der Waals surface area contributed by atoms with Crippen LogP contribution < -0.4 is 5.32 Å². The molecule has 1 heterocycles. The van der Waals surface area contributed by atoms with Gasteiger partial charge in [0.05, 0.1) is 0 Å². The average Bonchev–Trinajstić information content (AvgIpc) is 2.89. The van der Waals surface area contributed by atoms with Gasteiger partial charge >= 0.3 is 5.97 Å². The molecule has 0 aliphatic heterocycles. The van der Waals surface area contributed by atoms with E-state index in [4.69, 9.17) is 5.11 Å². The van der Waals surface area contributed by atoms with Crippen LogP contribution in [0.5, 0.6) is 0 Å². The molecule has 96 valence electrons. The van der Waals surface area contributed by atoms with Crippen molar-refractivity contribution in [3.8, 4) is 0 Å². The van der Waals surface area contributed by atoms with Crippen molar-refractivity contribution in [2.24, 2.45) is 0 Å². The summed E-state index contributed by atoms with van der Waals surface area (Å²) in [6.07, 6.45) is 4.06. The molecule has 0 saturated heterocycles. The predicted octanol–water partition coefficient (Wildman–Crippen LogP) is 2.49. The normalized spacial score (nSPS) is 10.5. The van der Waals surface area contributed by atoms with E-state index in [1.165, 1.54) is 17.4 Å². The summed E-state index contributed by atoms with van der Waals surface area (Å²) in [4.78, 5) is 26.3. The van der Waals surface area contributed by atoms with Crippen LogP contribution in [-0.2, 0) is 4.79 Å². The average molecular weight is 274 g/mol. The van der Waals surface area contributed by atoms with Gasteiger partial charge in [0.25, 0.3) is 5.91 Å². The number of rotatable bonds is 4. The lowest BCUT2D eigenvalue weighted by atomic mass is 10.1. The zero-order chi connectivity index (χ0) is 13.7.